The van der Waals surface area contributed by atoms with Crippen LogP contribution in [0.3, 0.4) is 0 Å². The molecule has 0 bridgehead atoms. The molecular formula is C9H11ClN2O. The third-order valence-corrected chi connectivity index (χ3v) is 2.50. The number of nitrogen functional groups attached to an aromatic ring is 1. The molecule has 3 nitrogen and oxygen atoms in total. The summed E-state index contributed by atoms with van der Waals surface area (Å²) in [4.78, 5) is 3.98. The molecule has 13 heavy (non-hydrogen) atoms. The Balaban J connectivity index is 2.25. The van der Waals surface area contributed by atoms with Crippen molar-refractivity contribution in [1.82, 2.24) is 4.98 Å². The van der Waals surface area contributed by atoms with Crippen LogP contribution in [0.1, 0.15) is 24.5 Å². The third kappa shape index (κ3) is 1.76. The normalized spacial score (nSPS) is 22.1. The molecule has 1 atom stereocenters. The van der Waals surface area contributed by atoms with Gasteiger partial charge in [-0.15, -0.1) is 0 Å². The van der Waals surface area contributed by atoms with E-state index >= 15 is 0 Å². The first-order valence-electron chi connectivity index (χ1n) is 4.30. The van der Waals surface area contributed by atoms with Crippen molar-refractivity contribution >= 4 is 17.3 Å². The monoisotopic (exact) mass is 198 g/mol. The van der Waals surface area contributed by atoms with Crippen molar-refractivity contribution in [3.05, 3.63) is 23.0 Å². The second-order valence-corrected chi connectivity index (χ2v) is 3.51. The van der Waals surface area contributed by atoms with Crippen LogP contribution < -0.4 is 5.73 Å². The van der Waals surface area contributed by atoms with E-state index in [1.165, 1.54) is 0 Å². The molecule has 0 aromatic carbocycles. The van der Waals surface area contributed by atoms with Crippen molar-refractivity contribution in [3.8, 4) is 0 Å². The fourth-order valence-electron chi connectivity index (χ4n) is 1.50. The highest BCUT2D eigenvalue weighted by atomic mass is 35.5. The number of aromatic nitrogens is 1. The first-order valence-corrected chi connectivity index (χ1v) is 4.67. The van der Waals surface area contributed by atoms with Gasteiger partial charge in [-0.1, -0.05) is 11.6 Å². The second-order valence-electron chi connectivity index (χ2n) is 3.15. The van der Waals surface area contributed by atoms with Crippen molar-refractivity contribution in [2.24, 2.45) is 0 Å². The average Bonchev–Trinajstić information content (AvgIpc) is 2.62. The Morgan fingerprint density at radius 3 is 3.08 bits per heavy atom. The maximum atomic E-state index is 5.71. The van der Waals surface area contributed by atoms with E-state index in [0.29, 0.717) is 10.8 Å². The summed E-state index contributed by atoms with van der Waals surface area (Å²) in [6.45, 7) is 0.827. The fourth-order valence-corrected chi connectivity index (χ4v) is 1.60. The lowest BCUT2D eigenvalue weighted by Crippen LogP contribution is -1.99. The highest BCUT2D eigenvalue weighted by molar-refractivity contribution is 6.31. The van der Waals surface area contributed by atoms with Gasteiger partial charge < -0.3 is 10.5 Å². The predicted octanol–water partition coefficient (Wildman–Crippen LogP) is 2.17. The zero-order valence-electron chi connectivity index (χ0n) is 7.16. The zero-order chi connectivity index (χ0) is 9.26. The lowest BCUT2D eigenvalue weighted by molar-refractivity contribution is 0.112. The highest BCUT2D eigenvalue weighted by Crippen LogP contribution is 2.30. The molecule has 0 amide bonds. The molecule has 1 aromatic rings. The minimum absolute atomic E-state index is 0.159. The summed E-state index contributed by atoms with van der Waals surface area (Å²) in [5.41, 5.74) is 7.19. The van der Waals surface area contributed by atoms with E-state index in [2.05, 4.69) is 4.98 Å². The summed E-state index contributed by atoms with van der Waals surface area (Å²) in [6.07, 6.45) is 4.04. The molecule has 1 fully saturated rings. The quantitative estimate of drug-likeness (QED) is 0.704. The van der Waals surface area contributed by atoms with Gasteiger partial charge >= 0.3 is 0 Å². The number of hydrogen-bond acceptors (Lipinski definition) is 3. The smallest absolute Gasteiger partial charge is 0.151 e. The molecule has 1 aromatic heterocycles. The van der Waals surface area contributed by atoms with Gasteiger partial charge in [-0.2, -0.15) is 0 Å². The summed E-state index contributed by atoms with van der Waals surface area (Å²) in [6, 6.07) is 1.84. The molecule has 0 spiro atoms. The van der Waals surface area contributed by atoms with Crippen molar-refractivity contribution < 1.29 is 4.74 Å². The number of hydrogen-bond donors (Lipinski definition) is 1. The van der Waals surface area contributed by atoms with Crippen molar-refractivity contribution in [2.75, 3.05) is 12.3 Å². The van der Waals surface area contributed by atoms with Crippen LogP contribution in [0, 0.1) is 0 Å². The van der Waals surface area contributed by atoms with Gasteiger partial charge in [0.25, 0.3) is 0 Å². The summed E-state index contributed by atoms with van der Waals surface area (Å²) < 4.78 is 5.50. The second kappa shape index (κ2) is 3.52. The van der Waals surface area contributed by atoms with Gasteiger partial charge in [0, 0.05) is 18.4 Å². The number of nitrogens with two attached hydrogens (primary N) is 1. The van der Waals surface area contributed by atoms with Crippen molar-refractivity contribution in [2.45, 2.75) is 18.9 Å². The number of halogens is 1. The van der Waals surface area contributed by atoms with Crippen LogP contribution in [-0.2, 0) is 4.74 Å². The first kappa shape index (κ1) is 8.78. The van der Waals surface area contributed by atoms with Crippen LogP contribution in [0.15, 0.2) is 12.3 Å². The SMILES string of the molecule is Nc1cc(C2CCCO2)cnc1Cl. The lowest BCUT2D eigenvalue weighted by atomic mass is 10.1. The number of nitrogens with zero attached hydrogens (tertiary/aromatic N) is 1. The van der Waals surface area contributed by atoms with Crippen LogP contribution in [0.25, 0.3) is 0 Å². The van der Waals surface area contributed by atoms with Crippen LogP contribution in [-0.4, -0.2) is 11.6 Å². The predicted molar refractivity (Wildman–Crippen MR) is 51.6 cm³/mol. The van der Waals surface area contributed by atoms with Gasteiger partial charge in [-0.25, -0.2) is 4.98 Å². The van der Waals surface area contributed by atoms with E-state index in [1.807, 2.05) is 6.07 Å². The number of rotatable bonds is 1. The molecule has 0 aliphatic carbocycles. The molecule has 0 radical (unpaired) electrons. The number of pyridine rings is 1. The Morgan fingerprint density at radius 2 is 2.46 bits per heavy atom. The van der Waals surface area contributed by atoms with E-state index in [1.54, 1.807) is 6.20 Å². The number of anilines is 1. The van der Waals surface area contributed by atoms with Gasteiger partial charge in [0.1, 0.15) is 0 Å². The van der Waals surface area contributed by atoms with Gasteiger partial charge in [0.15, 0.2) is 5.15 Å². The lowest BCUT2D eigenvalue weighted by Gasteiger charge is -2.09. The Morgan fingerprint density at radius 1 is 1.62 bits per heavy atom. The van der Waals surface area contributed by atoms with E-state index in [9.17, 15) is 0 Å². The molecule has 1 aliphatic rings. The largest absolute Gasteiger partial charge is 0.396 e. The Labute approximate surface area is 81.9 Å². The van der Waals surface area contributed by atoms with E-state index in [4.69, 9.17) is 22.1 Å². The fraction of sp³-hybridized carbons (Fsp3) is 0.444. The maximum absolute atomic E-state index is 5.71. The van der Waals surface area contributed by atoms with Gasteiger partial charge in [-0.05, 0) is 18.9 Å². The van der Waals surface area contributed by atoms with E-state index < -0.39 is 0 Å². The highest BCUT2D eigenvalue weighted by Gasteiger charge is 2.18. The molecule has 70 valence electrons. The minimum atomic E-state index is 0.159. The van der Waals surface area contributed by atoms with Gasteiger partial charge in [-0.3, -0.25) is 0 Å². The molecule has 1 aliphatic heterocycles. The van der Waals surface area contributed by atoms with Crippen LogP contribution >= 0.6 is 11.6 Å². The van der Waals surface area contributed by atoms with Gasteiger partial charge in [0.2, 0.25) is 0 Å². The minimum Gasteiger partial charge on any atom is -0.396 e. The maximum Gasteiger partial charge on any atom is 0.151 e. The average molecular weight is 199 g/mol. The Hall–Kier alpha value is -0.800. The summed E-state index contributed by atoms with van der Waals surface area (Å²) in [5.74, 6) is 0. The van der Waals surface area contributed by atoms with Crippen molar-refractivity contribution in [1.29, 1.82) is 0 Å². The van der Waals surface area contributed by atoms with Gasteiger partial charge in [0.05, 0.1) is 11.8 Å². The summed E-state index contributed by atoms with van der Waals surface area (Å²) >= 11 is 5.71. The molecule has 2 N–H and O–H groups in total. The summed E-state index contributed by atoms with van der Waals surface area (Å²) in [5, 5.41) is 0.363. The molecule has 0 saturated carbocycles. The Bertz CT molecular complexity index is 310. The van der Waals surface area contributed by atoms with Crippen LogP contribution in [0.2, 0.25) is 5.15 Å². The summed E-state index contributed by atoms with van der Waals surface area (Å²) in [7, 11) is 0. The molecule has 1 saturated heterocycles. The first-order chi connectivity index (χ1) is 6.27. The van der Waals surface area contributed by atoms with E-state index in [-0.39, 0.29) is 6.10 Å². The van der Waals surface area contributed by atoms with Crippen LogP contribution in [0.4, 0.5) is 5.69 Å². The molecule has 2 heterocycles. The topological polar surface area (TPSA) is 48.1 Å². The molecule has 1 unspecified atom stereocenters. The van der Waals surface area contributed by atoms with Crippen molar-refractivity contribution in [3.63, 3.8) is 0 Å². The number of ether oxygens (including phenoxy) is 1. The Kier molecular flexibility index (Phi) is 2.38. The zero-order valence-corrected chi connectivity index (χ0v) is 7.92. The molecule has 2 rings (SSSR count). The standard InChI is InChI=1S/C9H11ClN2O/c10-9-7(11)4-6(5-12-9)8-2-1-3-13-8/h4-5,8H,1-3,11H2. The van der Waals surface area contributed by atoms with Crippen LogP contribution in [0.5, 0.6) is 0 Å². The third-order valence-electron chi connectivity index (χ3n) is 2.19. The molecule has 4 heteroatoms. The molecular weight excluding hydrogens is 188 g/mol. The van der Waals surface area contributed by atoms with E-state index in [0.717, 1.165) is 25.0 Å².